The lowest BCUT2D eigenvalue weighted by atomic mass is 9.88. The molecule has 2 aliphatic heterocycles. The molecule has 126 valence electrons. The summed E-state index contributed by atoms with van der Waals surface area (Å²) in [6.45, 7) is 3.52. The summed E-state index contributed by atoms with van der Waals surface area (Å²) in [5.41, 5.74) is 2.36. The zero-order valence-corrected chi connectivity index (χ0v) is 13.9. The number of aliphatic hydroxyl groups is 1. The average molecular weight is 317 g/mol. The lowest BCUT2D eigenvalue weighted by molar-refractivity contribution is -0.144. The first-order valence-corrected chi connectivity index (χ1v) is 8.85. The Balaban J connectivity index is 1.74. The predicted molar refractivity (Wildman–Crippen MR) is 89.1 cm³/mol. The van der Waals surface area contributed by atoms with Gasteiger partial charge in [0.05, 0.1) is 18.8 Å². The molecule has 1 amide bonds. The van der Waals surface area contributed by atoms with Crippen LogP contribution in [0.4, 0.5) is 0 Å². The summed E-state index contributed by atoms with van der Waals surface area (Å²) in [5, 5.41) is 9.87. The molecule has 0 unspecified atom stereocenters. The third-order valence-corrected chi connectivity index (χ3v) is 5.20. The number of hydrogen-bond donors (Lipinski definition) is 1. The molecule has 4 nitrogen and oxygen atoms in total. The van der Waals surface area contributed by atoms with Crippen LogP contribution < -0.4 is 0 Å². The van der Waals surface area contributed by atoms with Crippen LogP contribution in [-0.4, -0.2) is 41.8 Å². The van der Waals surface area contributed by atoms with Gasteiger partial charge in [-0.1, -0.05) is 37.6 Å². The molecule has 1 N–H and O–H groups in total. The van der Waals surface area contributed by atoms with E-state index < -0.39 is 0 Å². The summed E-state index contributed by atoms with van der Waals surface area (Å²) >= 11 is 0. The molecule has 1 aromatic rings. The Morgan fingerprint density at radius 1 is 1.39 bits per heavy atom. The third kappa shape index (κ3) is 3.43. The fourth-order valence-electron chi connectivity index (χ4n) is 3.97. The number of ether oxygens (including phenoxy) is 1. The van der Waals surface area contributed by atoms with E-state index in [4.69, 9.17) is 4.74 Å². The molecule has 0 aliphatic carbocycles. The van der Waals surface area contributed by atoms with E-state index in [2.05, 4.69) is 13.0 Å². The molecule has 3 rings (SSSR count). The lowest BCUT2D eigenvalue weighted by Gasteiger charge is -2.40. The van der Waals surface area contributed by atoms with Gasteiger partial charge in [0.2, 0.25) is 5.91 Å². The number of benzene rings is 1. The Morgan fingerprint density at radius 2 is 2.22 bits per heavy atom. The predicted octanol–water partition coefficient (Wildman–Crippen LogP) is 2.70. The highest BCUT2D eigenvalue weighted by molar-refractivity contribution is 5.80. The fraction of sp³-hybridized carbons (Fsp3) is 0.632. The van der Waals surface area contributed by atoms with Crippen LogP contribution in [0.1, 0.15) is 49.8 Å². The molecule has 1 saturated heterocycles. The highest BCUT2D eigenvalue weighted by Crippen LogP contribution is 2.33. The van der Waals surface area contributed by atoms with Crippen molar-refractivity contribution >= 4 is 5.91 Å². The SMILES string of the molecule is CCC[C@@H]1C[C@@H](C(=O)N2CCc3ccccc3[C@@H]2CO)CCO1. The molecule has 2 aliphatic rings. The van der Waals surface area contributed by atoms with Gasteiger partial charge in [-0.25, -0.2) is 0 Å². The number of fused-ring (bicyclic) bond motifs is 1. The summed E-state index contributed by atoms with van der Waals surface area (Å²) in [6, 6.07) is 7.96. The molecular weight excluding hydrogens is 290 g/mol. The molecule has 1 fully saturated rings. The number of amides is 1. The van der Waals surface area contributed by atoms with E-state index in [0.717, 1.165) is 37.7 Å². The largest absolute Gasteiger partial charge is 0.394 e. The van der Waals surface area contributed by atoms with Gasteiger partial charge in [0.1, 0.15) is 0 Å². The van der Waals surface area contributed by atoms with E-state index >= 15 is 0 Å². The fourth-order valence-corrected chi connectivity index (χ4v) is 3.97. The van der Waals surface area contributed by atoms with Crippen LogP contribution in [0.2, 0.25) is 0 Å². The number of aliphatic hydroxyl groups excluding tert-OH is 1. The van der Waals surface area contributed by atoms with Crippen molar-refractivity contribution in [3.8, 4) is 0 Å². The third-order valence-electron chi connectivity index (χ3n) is 5.20. The smallest absolute Gasteiger partial charge is 0.226 e. The summed E-state index contributed by atoms with van der Waals surface area (Å²) in [5.74, 6) is 0.238. The highest BCUT2D eigenvalue weighted by atomic mass is 16.5. The molecule has 0 saturated carbocycles. The minimum absolute atomic E-state index is 0.00956. The Kier molecular flexibility index (Phi) is 5.34. The maximum absolute atomic E-state index is 13.0. The van der Waals surface area contributed by atoms with Crippen LogP contribution >= 0.6 is 0 Å². The summed E-state index contributed by atoms with van der Waals surface area (Å²) < 4.78 is 5.78. The van der Waals surface area contributed by atoms with E-state index in [9.17, 15) is 9.90 Å². The molecule has 23 heavy (non-hydrogen) atoms. The average Bonchev–Trinajstić information content (AvgIpc) is 2.60. The molecule has 0 spiro atoms. The molecule has 0 radical (unpaired) electrons. The second-order valence-electron chi connectivity index (χ2n) is 6.68. The number of hydrogen-bond acceptors (Lipinski definition) is 3. The van der Waals surface area contributed by atoms with Gasteiger partial charge < -0.3 is 14.7 Å². The molecule has 0 bridgehead atoms. The summed E-state index contributed by atoms with van der Waals surface area (Å²) in [7, 11) is 0. The number of rotatable bonds is 4. The van der Waals surface area contributed by atoms with Gasteiger partial charge in [-0.2, -0.15) is 0 Å². The van der Waals surface area contributed by atoms with Gasteiger partial charge in [0, 0.05) is 19.1 Å². The Morgan fingerprint density at radius 3 is 3.00 bits per heavy atom. The molecule has 1 aromatic carbocycles. The summed E-state index contributed by atoms with van der Waals surface area (Å²) in [4.78, 5) is 14.9. The van der Waals surface area contributed by atoms with Crippen molar-refractivity contribution in [1.82, 2.24) is 4.90 Å². The monoisotopic (exact) mass is 317 g/mol. The van der Waals surface area contributed by atoms with Crippen LogP contribution in [0.25, 0.3) is 0 Å². The van der Waals surface area contributed by atoms with Crippen molar-refractivity contribution in [2.45, 2.75) is 51.2 Å². The van der Waals surface area contributed by atoms with Crippen molar-refractivity contribution in [2.75, 3.05) is 19.8 Å². The molecule has 4 heteroatoms. The minimum Gasteiger partial charge on any atom is -0.394 e. The van der Waals surface area contributed by atoms with E-state index in [-0.39, 0.29) is 30.6 Å². The maximum atomic E-state index is 13.0. The standard InChI is InChI=1S/C19H27NO3/c1-2-5-16-12-15(9-11-23-16)19(22)20-10-8-14-6-3-4-7-17(14)18(20)13-21/h3-4,6-7,15-16,18,21H,2,5,8-13H2,1H3/t15-,16+,18-/m0/s1. The van der Waals surface area contributed by atoms with Crippen molar-refractivity contribution < 1.29 is 14.6 Å². The molecule has 0 aromatic heterocycles. The van der Waals surface area contributed by atoms with E-state index in [0.29, 0.717) is 13.2 Å². The lowest BCUT2D eigenvalue weighted by Crippen LogP contribution is -2.46. The number of carbonyl (C=O) groups is 1. The van der Waals surface area contributed by atoms with E-state index in [1.54, 1.807) is 0 Å². The second kappa shape index (κ2) is 7.45. The first-order valence-electron chi connectivity index (χ1n) is 8.85. The van der Waals surface area contributed by atoms with E-state index in [1.165, 1.54) is 5.56 Å². The van der Waals surface area contributed by atoms with Gasteiger partial charge in [-0.05, 0) is 36.8 Å². The zero-order chi connectivity index (χ0) is 16.2. The first kappa shape index (κ1) is 16.5. The van der Waals surface area contributed by atoms with Gasteiger partial charge in [-0.3, -0.25) is 4.79 Å². The zero-order valence-electron chi connectivity index (χ0n) is 13.9. The van der Waals surface area contributed by atoms with Crippen molar-refractivity contribution in [3.05, 3.63) is 35.4 Å². The minimum atomic E-state index is -0.195. The second-order valence-corrected chi connectivity index (χ2v) is 6.68. The van der Waals surface area contributed by atoms with Crippen LogP contribution in [0.3, 0.4) is 0 Å². The Labute approximate surface area is 138 Å². The van der Waals surface area contributed by atoms with Gasteiger partial charge in [0.15, 0.2) is 0 Å². The van der Waals surface area contributed by atoms with Crippen molar-refractivity contribution in [3.63, 3.8) is 0 Å². The maximum Gasteiger partial charge on any atom is 0.226 e. The van der Waals surface area contributed by atoms with Gasteiger partial charge in [0.25, 0.3) is 0 Å². The van der Waals surface area contributed by atoms with Gasteiger partial charge >= 0.3 is 0 Å². The topological polar surface area (TPSA) is 49.8 Å². The number of carbonyl (C=O) groups excluding carboxylic acids is 1. The highest BCUT2D eigenvalue weighted by Gasteiger charge is 2.36. The first-order chi connectivity index (χ1) is 11.2. The molecular formula is C19H27NO3. The van der Waals surface area contributed by atoms with Crippen LogP contribution in [0, 0.1) is 5.92 Å². The Hall–Kier alpha value is -1.39. The molecule has 2 heterocycles. The number of nitrogens with zero attached hydrogens (tertiary/aromatic N) is 1. The van der Waals surface area contributed by atoms with Crippen molar-refractivity contribution in [1.29, 1.82) is 0 Å². The normalized spacial score (nSPS) is 27.6. The van der Waals surface area contributed by atoms with Crippen molar-refractivity contribution in [2.24, 2.45) is 5.92 Å². The van der Waals surface area contributed by atoms with E-state index in [1.807, 2.05) is 23.1 Å². The van der Waals surface area contributed by atoms with Gasteiger partial charge in [-0.15, -0.1) is 0 Å². The van der Waals surface area contributed by atoms with Crippen LogP contribution in [-0.2, 0) is 16.0 Å². The summed E-state index contributed by atoms with van der Waals surface area (Å²) in [6.07, 6.45) is 4.82. The van der Waals surface area contributed by atoms with Crippen LogP contribution in [0.5, 0.6) is 0 Å². The Bertz CT molecular complexity index is 543. The quantitative estimate of drug-likeness (QED) is 0.929. The molecule has 3 atom stereocenters. The van der Waals surface area contributed by atoms with Crippen LogP contribution in [0.15, 0.2) is 24.3 Å².